The van der Waals surface area contributed by atoms with Crippen LogP contribution in [0.3, 0.4) is 0 Å². The highest BCUT2D eigenvalue weighted by Gasteiger charge is 2.14. The summed E-state index contributed by atoms with van der Waals surface area (Å²) in [5, 5.41) is 16.4. The lowest BCUT2D eigenvalue weighted by Crippen LogP contribution is -1.94. The fourth-order valence-electron chi connectivity index (χ4n) is 2.35. The summed E-state index contributed by atoms with van der Waals surface area (Å²) in [6.45, 7) is 1.94. The standard InChI is InChI=1S/C16H12N4S/c1-11-15-13(16(18-17-11)14-8-5-9-21-14)10-20(19-15)12-6-3-2-4-7-12/h2-10H,1H3. The quantitative estimate of drug-likeness (QED) is 0.563. The van der Waals surface area contributed by atoms with Gasteiger partial charge in [0, 0.05) is 6.20 Å². The van der Waals surface area contributed by atoms with Crippen LogP contribution in [0.15, 0.2) is 54.0 Å². The Bertz CT molecular complexity index is 895. The number of fused-ring (bicyclic) bond motifs is 1. The third-order valence-electron chi connectivity index (χ3n) is 3.39. The van der Waals surface area contributed by atoms with E-state index in [4.69, 9.17) is 0 Å². The van der Waals surface area contributed by atoms with Gasteiger partial charge < -0.3 is 0 Å². The molecule has 3 heterocycles. The largest absolute Gasteiger partial charge is 0.240 e. The Morgan fingerprint density at radius 2 is 1.86 bits per heavy atom. The minimum absolute atomic E-state index is 0.847. The number of rotatable bonds is 2. The van der Waals surface area contributed by atoms with E-state index in [-0.39, 0.29) is 0 Å². The van der Waals surface area contributed by atoms with Crippen LogP contribution < -0.4 is 0 Å². The zero-order valence-electron chi connectivity index (χ0n) is 11.4. The molecule has 4 rings (SSSR count). The van der Waals surface area contributed by atoms with E-state index in [1.54, 1.807) is 11.3 Å². The molecule has 0 bridgehead atoms. The predicted octanol–water partition coefficient (Wildman–Crippen LogP) is 3.85. The summed E-state index contributed by atoms with van der Waals surface area (Å²) in [5.41, 5.74) is 3.68. The van der Waals surface area contributed by atoms with Crippen LogP contribution in [0.25, 0.3) is 27.2 Å². The molecule has 5 heteroatoms. The molecule has 0 aliphatic rings. The lowest BCUT2D eigenvalue weighted by molar-refractivity contribution is 0.891. The summed E-state index contributed by atoms with van der Waals surface area (Å²) in [7, 11) is 0. The first kappa shape index (κ1) is 12.2. The Morgan fingerprint density at radius 1 is 1.00 bits per heavy atom. The first-order chi connectivity index (χ1) is 10.3. The number of aromatic nitrogens is 4. The number of aryl methyl sites for hydroxylation is 1. The number of hydrogen-bond acceptors (Lipinski definition) is 4. The molecule has 0 spiro atoms. The molecule has 0 radical (unpaired) electrons. The second kappa shape index (κ2) is 4.79. The van der Waals surface area contributed by atoms with Gasteiger partial charge in [-0.3, -0.25) is 0 Å². The summed E-state index contributed by atoms with van der Waals surface area (Å²) in [6, 6.07) is 14.2. The van der Waals surface area contributed by atoms with E-state index >= 15 is 0 Å². The van der Waals surface area contributed by atoms with Gasteiger partial charge in [-0.1, -0.05) is 24.3 Å². The zero-order valence-corrected chi connectivity index (χ0v) is 12.2. The molecule has 0 N–H and O–H groups in total. The average molecular weight is 292 g/mol. The van der Waals surface area contributed by atoms with Crippen LogP contribution in [0.2, 0.25) is 0 Å². The topological polar surface area (TPSA) is 43.6 Å². The normalized spacial score (nSPS) is 11.1. The fourth-order valence-corrected chi connectivity index (χ4v) is 3.07. The van der Waals surface area contributed by atoms with Crippen LogP contribution in [-0.4, -0.2) is 20.0 Å². The highest BCUT2D eigenvalue weighted by Crippen LogP contribution is 2.30. The molecular formula is C16H12N4S. The second-order valence-corrected chi connectivity index (χ2v) is 5.73. The van der Waals surface area contributed by atoms with Crippen molar-refractivity contribution in [3.63, 3.8) is 0 Å². The summed E-state index contributed by atoms with van der Waals surface area (Å²) in [6.07, 6.45) is 2.03. The number of thiophene rings is 1. The van der Waals surface area contributed by atoms with Crippen molar-refractivity contribution < 1.29 is 0 Å². The smallest absolute Gasteiger partial charge is 0.118 e. The lowest BCUT2D eigenvalue weighted by Gasteiger charge is -1.98. The molecule has 0 atom stereocenters. The van der Waals surface area contributed by atoms with Crippen molar-refractivity contribution in [2.24, 2.45) is 0 Å². The maximum Gasteiger partial charge on any atom is 0.118 e. The maximum atomic E-state index is 4.67. The van der Waals surface area contributed by atoms with Gasteiger partial charge in [0.25, 0.3) is 0 Å². The Morgan fingerprint density at radius 3 is 2.62 bits per heavy atom. The fraction of sp³-hybridized carbons (Fsp3) is 0.0625. The maximum absolute atomic E-state index is 4.67. The van der Waals surface area contributed by atoms with Crippen LogP contribution in [0.1, 0.15) is 5.69 Å². The molecule has 0 saturated carbocycles. The minimum atomic E-state index is 0.847. The van der Waals surface area contributed by atoms with Crippen molar-refractivity contribution in [2.45, 2.75) is 6.92 Å². The number of para-hydroxylation sites is 1. The van der Waals surface area contributed by atoms with Crippen molar-refractivity contribution in [3.05, 3.63) is 59.7 Å². The van der Waals surface area contributed by atoms with Crippen LogP contribution in [0.5, 0.6) is 0 Å². The van der Waals surface area contributed by atoms with Gasteiger partial charge >= 0.3 is 0 Å². The molecule has 0 aliphatic carbocycles. The van der Waals surface area contributed by atoms with E-state index in [1.165, 1.54) is 0 Å². The Hall–Kier alpha value is -2.53. The van der Waals surface area contributed by atoms with Gasteiger partial charge in [-0.05, 0) is 30.5 Å². The summed E-state index contributed by atoms with van der Waals surface area (Å²) in [4.78, 5) is 1.11. The van der Waals surface area contributed by atoms with Crippen molar-refractivity contribution in [2.75, 3.05) is 0 Å². The van der Waals surface area contributed by atoms with E-state index in [1.807, 2.05) is 59.6 Å². The average Bonchev–Trinajstić information content (AvgIpc) is 3.18. The Labute approximate surface area is 125 Å². The van der Waals surface area contributed by atoms with Gasteiger partial charge in [0.2, 0.25) is 0 Å². The molecule has 4 nitrogen and oxygen atoms in total. The third-order valence-corrected chi connectivity index (χ3v) is 4.26. The molecule has 0 saturated heterocycles. The molecule has 1 aromatic carbocycles. The zero-order chi connectivity index (χ0) is 14.2. The molecule has 4 aromatic rings. The monoisotopic (exact) mass is 292 g/mol. The molecule has 0 aliphatic heterocycles. The van der Waals surface area contributed by atoms with Crippen molar-refractivity contribution >= 4 is 22.2 Å². The van der Waals surface area contributed by atoms with Gasteiger partial charge in [0.15, 0.2) is 0 Å². The van der Waals surface area contributed by atoms with E-state index in [9.17, 15) is 0 Å². The Balaban J connectivity index is 1.98. The van der Waals surface area contributed by atoms with E-state index in [0.29, 0.717) is 0 Å². The van der Waals surface area contributed by atoms with Crippen molar-refractivity contribution in [1.82, 2.24) is 20.0 Å². The summed E-state index contributed by atoms with van der Waals surface area (Å²) in [5.74, 6) is 0. The van der Waals surface area contributed by atoms with Gasteiger partial charge in [-0.25, -0.2) is 4.68 Å². The highest BCUT2D eigenvalue weighted by molar-refractivity contribution is 7.13. The molecule has 0 amide bonds. The van der Waals surface area contributed by atoms with Gasteiger partial charge in [0.05, 0.1) is 21.6 Å². The van der Waals surface area contributed by atoms with Crippen molar-refractivity contribution in [1.29, 1.82) is 0 Å². The van der Waals surface area contributed by atoms with Gasteiger partial charge in [-0.2, -0.15) is 10.2 Å². The van der Waals surface area contributed by atoms with Crippen LogP contribution in [-0.2, 0) is 0 Å². The SMILES string of the molecule is Cc1nnc(-c2cccs2)c2cn(-c3ccccc3)nc12. The van der Waals surface area contributed by atoms with Gasteiger partial charge in [0.1, 0.15) is 11.2 Å². The number of hydrogen-bond donors (Lipinski definition) is 0. The molecule has 0 unspecified atom stereocenters. The minimum Gasteiger partial charge on any atom is -0.240 e. The summed E-state index contributed by atoms with van der Waals surface area (Å²) < 4.78 is 1.89. The first-order valence-electron chi connectivity index (χ1n) is 6.65. The Kier molecular flexibility index (Phi) is 2.79. The van der Waals surface area contributed by atoms with Crippen molar-refractivity contribution in [3.8, 4) is 16.3 Å². The van der Waals surface area contributed by atoms with E-state index in [0.717, 1.165) is 32.9 Å². The van der Waals surface area contributed by atoms with Crippen LogP contribution >= 0.6 is 11.3 Å². The van der Waals surface area contributed by atoms with Gasteiger partial charge in [-0.15, -0.1) is 16.4 Å². The first-order valence-corrected chi connectivity index (χ1v) is 7.53. The molecule has 21 heavy (non-hydrogen) atoms. The molecule has 102 valence electrons. The highest BCUT2D eigenvalue weighted by atomic mass is 32.1. The lowest BCUT2D eigenvalue weighted by atomic mass is 10.2. The van der Waals surface area contributed by atoms with E-state index < -0.39 is 0 Å². The molecule has 0 fully saturated rings. The predicted molar refractivity (Wildman–Crippen MR) is 84.7 cm³/mol. The number of benzene rings is 1. The summed E-state index contributed by atoms with van der Waals surface area (Å²) >= 11 is 1.66. The molecular weight excluding hydrogens is 280 g/mol. The second-order valence-electron chi connectivity index (χ2n) is 4.78. The molecule has 3 aromatic heterocycles. The third kappa shape index (κ3) is 2.02. The van der Waals surface area contributed by atoms with E-state index in [2.05, 4.69) is 21.4 Å². The number of nitrogens with zero attached hydrogens (tertiary/aromatic N) is 4. The van der Waals surface area contributed by atoms with Crippen LogP contribution in [0, 0.1) is 6.92 Å². The van der Waals surface area contributed by atoms with Crippen LogP contribution in [0.4, 0.5) is 0 Å².